The zero-order valence-corrected chi connectivity index (χ0v) is 11.3. The number of hydrogen-bond donors (Lipinski definition) is 0. The molecular weight excluding hydrogens is 292 g/mol. The second-order valence-corrected chi connectivity index (χ2v) is 5.36. The predicted molar refractivity (Wildman–Crippen MR) is 71.7 cm³/mol. The minimum absolute atomic E-state index is 0.297. The Morgan fingerprint density at radius 3 is 2.50 bits per heavy atom. The first-order valence-electron chi connectivity index (χ1n) is 4.92. The molecule has 2 rings (SSSR count). The summed E-state index contributed by atoms with van der Waals surface area (Å²) >= 11 is 13.1. The van der Waals surface area contributed by atoms with Crippen molar-refractivity contribution in [2.24, 2.45) is 0 Å². The van der Waals surface area contributed by atoms with Gasteiger partial charge in [-0.1, -0.05) is 35.0 Å². The third-order valence-electron chi connectivity index (χ3n) is 2.18. The zero-order chi connectivity index (χ0) is 13.1. The summed E-state index contributed by atoms with van der Waals surface area (Å²) in [6.45, 7) is 0. The first-order chi connectivity index (χ1) is 8.60. The van der Waals surface area contributed by atoms with Crippen LogP contribution in [-0.2, 0) is 0 Å². The van der Waals surface area contributed by atoms with E-state index in [4.69, 9.17) is 28.5 Å². The lowest BCUT2D eigenvalue weighted by Gasteiger charge is -2.05. The van der Waals surface area contributed by atoms with Gasteiger partial charge in [0, 0.05) is 9.79 Å². The molecule has 2 aromatic carbocycles. The van der Waals surface area contributed by atoms with Gasteiger partial charge in [-0.05, 0) is 36.4 Å². The molecule has 0 heterocycles. The predicted octanol–water partition coefficient (Wildman–Crippen LogP) is 5.16. The van der Waals surface area contributed by atoms with Crippen molar-refractivity contribution < 1.29 is 4.39 Å². The van der Waals surface area contributed by atoms with Crippen LogP contribution in [-0.4, -0.2) is 0 Å². The van der Waals surface area contributed by atoms with Crippen molar-refractivity contribution in [1.29, 1.82) is 5.26 Å². The number of benzene rings is 2. The van der Waals surface area contributed by atoms with E-state index in [1.165, 1.54) is 23.9 Å². The van der Waals surface area contributed by atoms with Crippen molar-refractivity contribution in [3.63, 3.8) is 0 Å². The van der Waals surface area contributed by atoms with Gasteiger partial charge in [-0.25, -0.2) is 4.39 Å². The molecule has 0 aliphatic carbocycles. The fourth-order valence-electron chi connectivity index (χ4n) is 1.35. The molecular formula is C13H6Cl2FNS. The number of rotatable bonds is 2. The van der Waals surface area contributed by atoms with Crippen molar-refractivity contribution in [2.75, 3.05) is 0 Å². The first kappa shape index (κ1) is 13.2. The smallest absolute Gasteiger partial charge is 0.124 e. The van der Waals surface area contributed by atoms with E-state index in [1.54, 1.807) is 24.3 Å². The fraction of sp³-hybridized carbons (Fsp3) is 0. The second-order valence-electron chi connectivity index (χ2n) is 3.43. The van der Waals surface area contributed by atoms with Crippen LogP contribution in [0.2, 0.25) is 10.0 Å². The number of hydrogen-bond acceptors (Lipinski definition) is 2. The van der Waals surface area contributed by atoms with Gasteiger partial charge in [-0.15, -0.1) is 0 Å². The molecule has 0 radical (unpaired) electrons. The maximum Gasteiger partial charge on any atom is 0.124 e. The van der Waals surface area contributed by atoms with Gasteiger partial charge >= 0.3 is 0 Å². The van der Waals surface area contributed by atoms with E-state index in [0.717, 1.165) is 4.90 Å². The SMILES string of the molecule is N#Cc1cc(F)ccc1Sc1ccc(Cl)c(Cl)c1. The molecule has 0 bridgehead atoms. The Kier molecular flexibility index (Phi) is 4.13. The lowest BCUT2D eigenvalue weighted by atomic mass is 10.2. The van der Waals surface area contributed by atoms with Crippen molar-refractivity contribution in [3.05, 3.63) is 57.8 Å². The van der Waals surface area contributed by atoms with E-state index >= 15 is 0 Å². The molecule has 0 unspecified atom stereocenters. The third-order valence-corrected chi connectivity index (χ3v) is 3.99. The molecule has 0 fully saturated rings. The van der Waals surface area contributed by atoms with Crippen molar-refractivity contribution in [3.8, 4) is 6.07 Å². The highest BCUT2D eigenvalue weighted by Crippen LogP contribution is 2.34. The van der Waals surface area contributed by atoms with Gasteiger partial charge in [-0.3, -0.25) is 0 Å². The monoisotopic (exact) mass is 297 g/mol. The van der Waals surface area contributed by atoms with Gasteiger partial charge in [0.1, 0.15) is 11.9 Å². The number of halogens is 3. The summed E-state index contributed by atoms with van der Waals surface area (Å²) in [6.07, 6.45) is 0. The van der Waals surface area contributed by atoms with Crippen LogP contribution >= 0.6 is 35.0 Å². The molecule has 0 aliphatic heterocycles. The van der Waals surface area contributed by atoms with Crippen molar-refractivity contribution >= 4 is 35.0 Å². The van der Waals surface area contributed by atoms with Crippen molar-refractivity contribution in [2.45, 2.75) is 9.79 Å². The molecule has 0 aliphatic rings. The Balaban J connectivity index is 2.34. The molecule has 90 valence electrons. The van der Waals surface area contributed by atoms with Crippen LogP contribution in [0.3, 0.4) is 0 Å². The number of nitriles is 1. The Labute approximate surface area is 118 Å². The summed E-state index contributed by atoms with van der Waals surface area (Å²) in [5.74, 6) is -0.426. The number of nitrogens with zero attached hydrogens (tertiary/aromatic N) is 1. The van der Waals surface area contributed by atoms with Gasteiger partial charge in [-0.2, -0.15) is 5.26 Å². The minimum Gasteiger partial charge on any atom is -0.207 e. The summed E-state index contributed by atoms with van der Waals surface area (Å²) in [5, 5.41) is 9.86. The normalized spacial score (nSPS) is 10.1. The average Bonchev–Trinajstić information content (AvgIpc) is 2.36. The third kappa shape index (κ3) is 2.97. The highest BCUT2D eigenvalue weighted by atomic mass is 35.5. The van der Waals surface area contributed by atoms with E-state index in [2.05, 4.69) is 0 Å². The van der Waals surface area contributed by atoms with Gasteiger partial charge in [0.05, 0.1) is 15.6 Å². The van der Waals surface area contributed by atoms with Crippen LogP contribution in [0, 0.1) is 17.1 Å². The van der Waals surface area contributed by atoms with E-state index in [9.17, 15) is 4.39 Å². The first-order valence-corrected chi connectivity index (χ1v) is 6.50. The van der Waals surface area contributed by atoms with E-state index in [-0.39, 0.29) is 0 Å². The molecule has 0 atom stereocenters. The van der Waals surface area contributed by atoms with Gasteiger partial charge in [0.2, 0.25) is 0 Å². The van der Waals surface area contributed by atoms with Crippen LogP contribution in [0.25, 0.3) is 0 Å². The van der Waals surface area contributed by atoms with Gasteiger partial charge in [0.15, 0.2) is 0 Å². The van der Waals surface area contributed by atoms with E-state index < -0.39 is 5.82 Å². The molecule has 1 nitrogen and oxygen atoms in total. The van der Waals surface area contributed by atoms with Crippen molar-refractivity contribution in [1.82, 2.24) is 0 Å². The maximum absolute atomic E-state index is 13.0. The average molecular weight is 298 g/mol. The summed E-state index contributed by atoms with van der Waals surface area (Å²) in [4.78, 5) is 1.52. The molecule has 0 saturated heterocycles. The zero-order valence-electron chi connectivity index (χ0n) is 8.95. The Bertz CT molecular complexity index is 637. The molecule has 0 spiro atoms. The molecule has 5 heteroatoms. The molecule has 18 heavy (non-hydrogen) atoms. The van der Waals surface area contributed by atoms with Gasteiger partial charge < -0.3 is 0 Å². The quantitative estimate of drug-likeness (QED) is 0.765. The summed E-state index contributed by atoms with van der Waals surface area (Å²) < 4.78 is 13.0. The molecule has 0 saturated carbocycles. The highest BCUT2D eigenvalue weighted by Gasteiger charge is 2.07. The molecule has 0 aromatic heterocycles. The van der Waals surface area contributed by atoms with Crippen LogP contribution in [0.1, 0.15) is 5.56 Å². The minimum atomic E-state index is -0.426. The van der Waals surface area contributed by atoms with Crippen LogP contribution in [0.5, 0.6) is 0 Å². The van der Waals surface area contributed by atoms with E-state index in [1.807, 2.05) is 6.07 Å². The summed E-state index contributed by atoms with van der Waals surface area (Å²) in [5.41, 5.74) is 0.297. The maximum atomic E-state index is 13.0. The van der Waals surface area contributed by atoms with Crippen LogP contribution in [0.15, 0.2) is 46.2 Å². The topological polar surface area (TPSA) is 23.8 Å². The van der Waals surface area contributed by atoms with Crippen LogP contribution < -0.4 is 0 Å². The summed E-state index contributed by atoms with van der Waals surface area (Å²) in [6, 6.07) is 11.2. The van der Waals surface area contributed by atoms with Crippen LogP contribution in [0.4, 0.5) is 4.39 Å². The second kappa shape index (κ2) is 5.62. The van der Waals surface area contributed by atoms with E-state index in [0.29, 0.717) is 20.5 Å². The Morgan fingerprint density at radius 1 is 1.06 bits per heavy atom. The fourth-order valence-corrected chi connectivity index (χ4v) is 2.63. The lowest BCUT2D eigenvalue weighted by molar-refractivity contribution is 0.626. The Morgan fingerprint density at radius 2 is 1.83 bits per heavy atom. The molecule has 2 aromatic rings. The highest BCUT2D eigenvalue weighted by molar-refractivity contribution is 7.99. The molecule has 0 amide bonds. The Hall–Kier alpha value is -1.21. The summed E-state index contributed by atoms with van der Waals surface area (Å²) in [7, 11) is 0. The standard InChI is InChI=1S/C13H6Cl2FNS/c14-11-3-2-10(6-12(11)15)18-13-4-1-9(16)5-8(13)7-17/h1-6H. The van der Waals surface area contributed by atoms with Gasteiger partial charge in [0.25, 0.3) is 0 Å². The molecule has 0 N–H and O–H groups in total. The lowest BCUT2D eigenvalue weighted by Crippen LogP contribution is -1.84. The largest absolute Gasteiger partial charge is 0.207 e.